The number of hydrogen-bond acceptors (Lipinski definition) is 6. The molecule has 0 unspecified atom stereocenters. The molecule has 4 rings (SSSR count). The molecule has 7 nitrogen and oxygen atoms in total. The molecule has 1 amide bonds. The average Bonchev–Trinajstić information content (AvgIpc) is 2.79. The first-order valence-corrected chi connectivity index (χ1v) is 9.88. The second-order valence-electron chi connectivity index (χ2n) is 7.27. The average molecular weight is 376 g/mol. The Labute approximate surface area is 165 Å². The van der Waals surface area contributed by atoms with Gasteiger partial charge in [-0.2, -0.15) is 5.26 Å². The summed E-state index contributed by atoms with van der Waals surface area (Å²) in [5.41, 5.74) is 1.08. The second-order valence-corrected chi connectivity index (χ2v) is 7.27. The lowest BCUT2D eigenvalue weighted by atomic mass is 10.1. The summed E-state index contributed by atoms with van der Waals surface area (Å²) < 4.78 is 0. The van der Waals surface area contributed by atoms with Gasteiger partial charge >= 0.3 is 0 Å². The predicted molar refractivity (Wildman–Crippen MR) is 107 cm³/mol. The number of carbonyl (C=O) groups is 1. The Kier molecular flexibility index (Phi) is 5.38. The van der Waals surface area contributed by atoms with Gasteiger partial charge in [-0.25, -0.2) is 0 Å². The zero-order chi connectivity index (χ0) is 19.3. The molecule has 0 N–H and O–H groups in total. The lowest BCUT2D eigenvalue weighted by molar-refractivity contribution is 0.0746. The monoisotopic (exact) mass is 376 g/mol. The summed E-state index contributed by atoms with van der Waals surface area (Å²) in [5, 5.41) is 17.9. The maximum absolute atomic E-state index is 12.7. The van der Waals surface area contributed by atoms with E-state index in [0.717, 1.165) is 37.8 Å². The molecule has 1 aromatic carbocycles. The van der Waals surface area contributed by atoms with Crippen LogP contribution in [0.1, 0.15) is 35.2 Å². The zero-order valence-electron chi connectivity index (χ0n) is 15.9. The molecule has 2 aliphatic heterocycles. The first-order chi connectivity index (χ1) is 13.7. The fourth-order valence-corrected chi connectivity index (χ4v) is 3.82. The number of rotatable bonds is 3. The van der Waals surface area contributed by atoms with Gasteiger partial charge in [0.2, 0.25) is 0 Å². The van der Waals surface area contributed by atoms with E-state index in [1.54, 1.807) is 24.3 Å². The second kappa shape index (κ2) is 8.26. The number of aromatic nitrogens is 2. The maximum atomic E-state index is 12.7. The Bertz CT molecular complexity index is 861. The molecule has 2 aliphatic rings. The van der Waals surface area contributed by atoms with Crippen molar-refractivity contribution in [3.05, 3.63) is 47.5 Å². The quantitative estimate of drug-likeness (QED) is 0.818. The van der Waals surface area contributed by atoms with E-state index in [-0.39, 0.29) is 5.91 Å². The van der Waals surface area contributed by atoms with E-state index < -0.39 is 0 Å². The number of carbonyl (C=O) groups excluding carboxylic acids is 1. The molecule has 0 aliphatic carbocycles. The minimum absolute atomic E-state index is 0.0247. The van der Waals surface area contributed by atoms with E-state index in [2.05, 4.69) is 32.1 Å². The molecule has 2 saturated heterocycles. The number of anilines is 2. The third kappa shape index (κ3) is 3.91. The molecule has 0 atom stereocenters. The number of nitrogens with zero attached hydrogens (tertiary/aromatic N) is 6. The van der Waals surface area contributed by atoms with E-state index in [1.165, 1.54) is 19.3 Å². The van der Waals surface area contributed by atoms with Crippen molar-refractivity contribution < 1.29 is 4.79 Å². The normalized spacial score (nSPS) is 17.3. The zero-order valence-corrected chi connectivity index (χ0v) is 15.9. The summed E-state index contributed by atoms with van der Waals surface area (Å²) in [7, 11) is 0. The van der Waals surface area contributed by atoms with Crippen molar-refractivity contribution in [2.24, 2.45) is 0 Å². The van der Waals surface area contributed by atoms with Crippen LogP contribution in [0, 0.1) is 11.3 Å². The molecule has 3 heterocycles. The van der Waals surface area contributed by atoms with Gasteiger partial charge < -0.3 is 14.7 Å². The Balaban J connectivity index is 1.36. The number of hydrogen-bond donors (Lipinski definition) is 0. The Hall–Kier alpha value is -3.14. The van der Waals surface area contributed by atoms with Crippen LogP contribution in [0.15, 0.2) is 36.4 Å². The summed E-state index contributed by atoms with van der Waals surface area (Å²) in [4.78, 5) is 19.0. The van der Waals surface area contributed by atoms with Crippen LogP contribution in [0.5, 0.6) is 0 Å². The third-order valence-corrected chi connectivity index (χ3v) is 5.45. The molecule has 28 heavy (non-hydrogen) atoms. The fraction of sp³-hybridized carbons (Fsp3) is 0.429. The SMILES string of the molecule is N#Cc1cccc(C(=O)N2CCN(c3ccc(N4CCCCC4)nn3)CC2)c1. The van der Waals surface area contributed by atoms with E-state index in [4.69, 9.17) is 5.26 Å². The fourth-order valence-electron chi connectivity index (χ4n) is 3.82. The van der Waals surface area contributed by atoms with E-state index in [9.17, 15) is 4.79 Å². The van der Waals surface area contributed by atoms with Gasteiger partial charge in [0, 0.05) is 44.8 Å². The highest BCUT2D eigenvalue weighted by atomic mass is 16.2. The van der Waals surface area contributed by atoms with Crippen LogP contribution in [0.4, 0.5) is 11.6 Å². The van der Waals surface area contributed by atoms with Crippen molar-refractivity contribution in [2.45, 2.75) is 19.3 Å². The molecular formula is C21H24N6O. The summed E-state index contributed by atoms with van der Waals surface area (Å²) in [6, 6.07) is 13.0. The number of piperidine rings is 1. The maximum Gasteiger partial charge on any atom is 0.254 e. The topological polar surface area (TPSA) is 76.4 Å². The van der Waals surface area contributed by atoms with E-state index in [1.807, 2.05) is 11.0 Å². The first kappa shape index (κ1) is 18.2. The van der Waals surface area contributed by atoms with Gasteiger partial charge in [0.1, 0.15) is 0 Å². The highest BCUT2D eigenvalue weighted by Crippen LogP contribution is 2.20. The van der Waals surface area contributed by atoms with Crippen LogP contribution in [-0.4, -0.2) is 60.3 Å². The van der Waals surface area contributed by atoms with Crippen molar-refractivity contribution >= 4 is 17.5 Å². The van der Waals surface area contributed by atoms with Gasteiger partial charge in [0.25, 0.3) is 5.91 Å². The summed E-state index contributed by atoms with van der Waals surface area (Å²) in [5.74, 6) is 1.79. The van der Waals surface area contributed by atoms with Crippen molar-refractivity contribution in [1.29, 1.82) is 5.26 Å². The van der Waals surface area contributed by atoms with Gasteiger partial charge in [-0.3, -0.25) is 4.79 Å². The van der Waals surface area contributed by atoms with Gasteiger partial charge in [-0.1, -0.05) is 6.07 Å². The van der Waals surface area contributed by atoms with Crippen LogP contribution < -0.4 is 9.80 Å². The molecule has 0 saturated carbocycles. The van der Waals surface area contributed by atoms with Crippen molar-refractivity contribution in [3.8, 4) is 6.07 Å². The Morgan fingerprint density at radius 2 is 1.50 bits per heavy atom. The molecule has 144 valence electrons. The molecule has 0 radical (unpaired) electrons. The molecule has 2 aromatic rings. The lowest BCUT2D eigenvalue weighted by Crippen LogP contribution is -2.49. The minimum atomic E-state index is -0.0247. The molecule has 2 fully saturated rings. The molecule has 0 bridgehead atoms. The third-order valence-electron chi connectivity index (χ3n) is 5.45. The molecule has 7 heteroatoms. The van der Waals surface area contributed by atoms with Crippen LogP contribution >= 0.6 is 0 Å². The Morgan fingerprint density at radius 1 is 0.857 bits per heavy atom. The number of benzene rings is 1. The van der Waals surface area contributed by atoms with Crippen LogP contribution in [0.25, 0.3) is 0 Å². The summed E-state index contributed by atoms with van der Waals surface area (Å²) in [6.07, 6.45) is 3.74. The first-order valence-electron chi connectivity index (χ1n) is 9.88. The van der Waals surface area contributed by atoms with Gasteiger partial charge in [-0.05, 0) is 49.6 Å². The predicted octanol–water partition coefficient (Wildman–Crippen LogP) is 2.30. The number of amides is 1. The number of nitriles is 1. The molecule has 1 aromatic heterocycles. The number of piperazine rings is 1. The van der Waals surface area contributed by atoms with Crippen molar-refractivity contribution in [1.82, 2.24) is 15.1 Å². The Morgan fingerprint density at radius 3 is 2.11 bits per heavy atom. The van der Waals surface area contributed by atoms with Crippen molar-refractivity contribution in [2.75, 3.05) is 49.1 Å². The summed E-state index contributed by atoms with van der Waals surface area (Å²) in [6.45, 7) is 4.82. The van der Waals surface area contributed by atoms with E-state index in [0.29, 0.717) is 24.2 Å². The largest absolute Gasteiger partial charge is 0.355 e. The van der Waals surface area contributed by atoms with Crippen LogP contribution in [0.3, 0.4) is 0 Å². The van der Waals surface area contributed by atoms with Crippen LogP contribution in [0.2, 0.25) is 0 Å². The van der Waals surface area contributed by atoms with Gasteiger partial charge in [0.15, 0.2) is 11.6 Å². The van der Waals surface area contributed by atoms with E-state index >= 15 is 0 Å². The molecular weight excluding hydrogens is 352 g/mol. The van der Waals surface area contributed by atoms with Gasteiger partial charge in [-0.15, -0.1) is 10.2 Å². The van der Waals surface area contributed by atoms with Crippen molar-refractivity contribution in [3.63, 3.8) is 0 Å². The highest BCUT2D eigenvalue weighted by Gasteiger charge is 2.23. The standard InChI is InChI=1S/C21H24N6O/c22-16-17-5-4-6-18(15-17)21(28)27-13-11-26(12-14-27)20-8-7-19(23-24-20)25-9-2-1-3-10-25/h4-8,15H,1-3,9-14H2. The molecule has 0 spiro atoms. The minimum Gasteiger partial charge on any atom is -0.355 e. The van der Waals surface area contributed by atoms with Crippen LogP contribution in [-0.2, 0) is 0 Å². The lowest BCUT2D eigenvalue weighted by Gasteiger charge is -2.35. The summed E-state index contributed by atoms with van der Waals surface area (Å²) >= 11 is 0. The smallest absolute Gasteiger partial charge is 0.254 e. The highest BCUT2D eigenvalue weighted by molar-refractivity contribution is 5.94. The van der Waals surface area contributed by atoms with Gasteiger partial charge in [0.05, 0.1) is 11.6 Å².